The van der Waals surface area contributed by atoms with E-state index in [0.29, 0.717) is 11.3 Å². The molecule has 2 aliphatic heterocycles. The number of hydrogen-bond acceptors (Lipinski definition) is 5. The predicted molar refractivity (Wildman–Crippen MR) is 148 cm³/mol. The Morgan fingerprint density at radius 3 is 2.50 bits per heavy atom. The fourth-order valence-corrected chi connectivity index (χ4v) is 5.94. The monoisotopic (exact) mass is 531 g/mol. The van der Waals surface area contributed by atoms with Gasteiger partial charge in [0.15, 0.2) is 11.0 Å². The van der Waals surface area contributed by atoms with Crippen LogP contribution in [0.5, 0.6) is 0 Å². The number of halogens is 1. The molecule has 196 valence electrons. The quantitative estimate of drug-likeness (QED) is 0.312. The Kier molecular flexibility index (Phi) is 5.06. The molecule has 2 aliphatic rings. The normalized spacial score (nSPS) is 17.7. The minimum atomic E-state index is -1.90. The summed E-state index contributed by atoms with van der Waals surface area (Å²) in [5.74, 6) is -1.84. The summed E-state index contributed by atoms with van der Waals surface area (Å²) in [6.07, 6.45) is 1.55. The van der Waals surface area contributed by atoms with Gasteiger partial charge in [0, 0.05) is 11.8 Å². The van der Waals surface area contributed by atoms with Crippen molar-refractivity contribution in [2.24, 2.45) is 0 Å². The molecular formula is C32H22FN3O4. The minimum Gasteiger partial charge on any atom is -0.450 e. The first-order valence-corrected chi connectivity index (χ1v) is 12.8. The molecule has 1 unspecified atom stereocenters. The van der Waals surface area contributed by atoms with E-state index in [1.165, 1.54) is 11.0 Å². The fourth-order valence-electron chi connectivity index (χ4n) is 5.94. The molecular weight excluding hydrogens is 509 g/mol. The Balaban J connectivity index is 1.58. The number of hydrogen-bond donors (Lipinski definition) is 0. The highest BCUT2D eigenvalue weighted by atomic mass is 19.1. The second kappa shape index (κ2) is 8.44. The molecule has 0 bridgehead atoms. The van der Waals surface area contributed by atoms with E-state index in [2.05, 4.69) is 4.98 Å². The molecule has 0 radical (unpaired) electrons. The highest BCUT2D eigenvalue weighted by molar-refractivity contribution is 6.24. The van der Waals surface area contributed by atoms with Crippen molar-refractivity contribution in [2.45, 2.75) is 25.9 Å². The summed E-state index contributed by atoms with van der Waals surface area (Å²) in [6, 6.07) is 21.8. The van der Waals surface area contributed by atoms with Crippen LogP contribution < -0.4 is 15.2 Å². The summed E-state index contributed by atoms with van der Waals surface area (Å²) in [5.41, 5.74) is 1.13. The maximum atomic E-state index is 14.9. The summed E-state index contributed by atoms with van der Waals surface area (Å²) in [7, 11) is 0. The summed E-state index contributed by atoms with van der Waals surface area (Å²) in [4.78, 5) is 50.6. The maximum Gasteiger partial charge on any atom is 0.297 e. The van der Waals surface area contributed by atoms with Crippen LogP contribution >= 0.6 is 0 Å². The van der Waals surface area contributed by atoms with Crippen LogP contribution in [0.25, 0.3) is 11.0 Å². The van der Waals surface area contributed by atoms with E-state index < -0.39 is 28.6 Å². The fraction of sp³-hybridized carbons (Fsp3) is 0.125. The number of para-hydroxylation sites is 1. The SMILES string of the molecule is Cc1ccnc(N2C(=O)c3oc4ccc(F)cc4c(=O)c3C23C(=O)N(Cc2ccccc2C)c2ccccc23)c1. The van der Waals surface area contributed by atoms with Crippen LogP contribution in [-0.2, 0) is 16.9 Å². The Morgan fingerprint density at radius 1 is 0.925 bits per heavy atom. The Labute approximate surface area is 228 Å². The van der Waals surface area contributed by atoms with Crippen LogP contribution in [0, 0.1) is 19.7 Å². The van der Waals surface area contributed by atoms with Gasteiger partial charge in [0.2, 0.25) is 5.76 Å². The number of carbonyl (C=O) groups excluding carboxylic acids is 2. The molecule has 3 aromatic carbocycles. The van der Waals surface area contributed by atoms with Crippen molar-refractivity contribution in [3.63, 3.8) is 0 Å². The van der Waals surface area contributed by atoms with Gasteiger partial charge >= 0.3 is 0 Å². The molecule has 8 heteroatoms. The highest BCUT2D eigenvalue weighted by Gasteiger charge is 2.66. The topological polar surface area (TPSA) is 83.7 Å². The van der Waals surface area contributed by atoms with Gasteiger partial charge in [-0.2, -0.15) is 0 Å². The van der Waals surface area contributed by atoms with Crippen LogP contribution in [0.15, 0.2) is 94.3 Å². The van der Waals surface area contributed by atoms with E-state index in [1.807, 2.05) is 38.1 Å². The molecule has 40 heavy (non-hydrogen) atoms. The van der Waals surface area contributed by atoms with E-state index in [0.717, 1.165) is 28.8 Å². The molecule has 5 aromatic rings. The number of carbonyl (C=O) groups is 2. The van der Waals surface area contributed by atoms with Gasteiger partial charge in [0.1, 0.15) is 17.2 Å². The van der Waals surface area contributed by atoms with Crippen LogP contribution in [0.3, 0.4) is 0 Å². The number of anilines is 2. The summed E-state index contributed by atoms with van der Waals surface area (Å²) < 4.78 is 20.3. The summed E-state index contributed by atoms with van der Waals surface area (Å²) in [6.45, 7) is 4.03. The molecule has 1 atom stereocenters. The first-order valence-electron chi connectivity index (χ1n) is 12.8. The number of benzene rings is 3. The molecule has 7 nitrogen and oxygen atoms in total. The van der Waals surface area contributed by atoms with Crippen molar-refractivity contribution in [1.82, 2.24) is 4.98 Å². The van der Waals surface area contributed by atoms with E-state index in [-0.39, 0.29) is 34.7 Å². The summed E-state index contributed by atoms with van der Waals surface area (Å²) >= 11 is 0. The lowest BCUT2D eigenvalue weighted by Gasteiger charge is -2.33. The highest BCUT2D eigenvalue weighted by Crippen LogP contribution is 2.54. The standard InChI is InChI=1S/C32H22FN3O4/c1-18-13-14-34-26(15-18)36-30(38)29-27(28(37)22-16-21(33)11-12-25(22)40-29)32(36)23-9-5-6-10-24(23)35(31(32)39)17-20-8-4-3-7-19(20)2/h3-16H,17H2,1-2H3. The third-order valence-electron chi connectivity index (χ3n) is 7.81. The molecule has 0 saturated heterocycles. The molecule has 7 rings (SSSR count). The van der Waals surface area contributed by atoms with Crippen LogP contribution in [0.2, 0.25) is 0 Å². The lowest BCUT2D eigenvalue weighted by molar-refractivity contribution is -0.121. The third-order valence-corrected chi connectivity index (χ3v) is 7.81. The molecule has 0 N–H and O–H groups in total. The average molecular weight is 532 g/mol. The molecule has 2 amide bonds. The van der Waals surface area contributed by atoms with Crippen molar-refractivity contribution in [1.29, 1.82) is 0 Å². The van der Waals surface area contributed by atoms with E-state index in [4.69, 9.17) is 4.42 Å². The van der Waals surface area contributed by atoms with Crippen molar-refractivity contribution in [3.8, 4) is 0 Å². The first kappa shape index (κ1) is 24.0. The van der Waals surface area contributed by atoms with Gasteiger partial charge in [-0.1, -0.05) is 42.5 Å². The number of amides is 2. The molecule has 2 aromatic heterocycles. The molecule has 0 fully saturated rings. The predicted octanol–water partition coefficient (Wildman–Crippen LogP) is 5.39. The number of rotatable bonds is 3. The van der Waals surface area contributed by atoms with Crippen molar-refractivity contribution in [3.05, 3.63) is 135 Å². The van der Waals surface area contributed by atoms with Crippen LogP contribution in [-0.4, -0.2) is 16.8 Å². The number of pyridine rings is 1. The van der Waals surface area contributed by atoms with Gasteiger partial charge < -0.3 is 9.32 Å². The van der Waals surface area contributed by atoms with Gasteiger partial charge in [-0.3, -0.25) is 19.3 Å². The summed E-state index contributed by atoms with van der Waals surface area (Å²) in [5, 5.41) is -0.0485. The van der Waals surface area contributed by atoms with Gasteiger partial charge in [-0.05, 0) is 66.9 Å². The number of aromatic nitrogens is 1. The average Bonchev–Trinajstić information content (AvgIpc) is 3.35. The second-order valence-electron chi connectivity index (χ2n) is 10.2. The van der Waals surface area contributed by atoms with Crippen LogP contribution in [0.4, 0.5) is 15.9 Å². The molecule has 4 heterocycles. The van der Waals surface area contributed by atoms with Gasteiger partial charge in [0.25, 0.3) is 11.8 Å². The lowest BCUT2D eigenvalue weighted by atomic mass is 9.84. The van der Waals surface area contributed by atoms with Gasteiger partial charge in [0.05, 0.1) is 23.2 Å². The molecule has 0 aliphatic carbocycles. The largest absolute Gasteiger partial charge is 0.450 e. The van der Waals surface area contributed by atoms with Gasteiger partial charge in [-0.15, -0.1) is 0 Å². The van der Waals surface area contributed by atoms with Crippen molar-refractivity contribution in [2.75, 3.05) is 9.80 Å². The van der Waals surface area contributed by atoms with E-state index in [1.54, 1.807) is 47.5 Å². The van der Waals surface area contributed by atoms with Crippen molar-refractivity contribution >= 4 is 34.3 Å². The Morgan fingerprint density at radius 2 is 1.70 bits per heavy atom. The molecule has 0 saturated carbocycles. The maximum absolute atomic E-state index is 14.9. The lowest BCUT2D eigenvalue weighted by Crippen LogP contribution is -2.54. The van der Waals surface area contributed by atoms with E-state index in [9.17, 15) is 18.8 Å². The van der Waals surface area contributed by atoms with Gasteiger partial charge in [-0.25, -0.2) is 9.37 Å². The van der Waals surface area contributed by atoms with Crippen molar-refractivity contribution < 1.29 is 18.4 Å². The number of aryl methyl sites for hydroxylation is 2. The number of nitrogens with zero attached hydrogens (tertiary/aromatic N) is 3. The smallest absolute Gasteiger partial charge is 0.297 e. The van der Waals surface area contributed by atoms with E-state index >= 15 is 0 Å². The third kappa shape index (κ3) is 3.10. The number of fused-ring (bicyclic) bond motifs is 5. The Bertz CT molecular complexity index is 1970. The zero-order chi connectivity index (χ0) is 27.8. The Hall–Kier alpha value is -5.11. The zero-order valence-electron chi connectivity index (χ0n) is 21.6. The first-order chi connectivity index (χ1) is 19.3. The minimum absolute atomic E-state index is 0.0485. The second-order valence-corrected chi connectivity index (χ2v) is 10.2. The molecule has 1 spiro atoms. The van der Waals surface area contributed by atoms with Crippen LogP contribution in [0.1, 0.15) is 38.4 Å². The zero-order valence-corrected chi connectivity index (χ0v) is 21.6.